The van der Waals surface area contributed by atoms with E-state index >= 15 is 0 Å². The molecule has 1 N–H and O–H groups in total. The average molecular weight is 269 g/mol. The average Bonchev–Trinajstić information content (AvgIpc) is 2.36. The largest absolute Gasteiger partial charge is 0.458 e. The fraction of sp³-hybridized carbons (Fsp3) is 0.750. The molecule has 0 saturated carbocycles. The van der Waals surface area contributed by atoms with Crippen molar-refractivity contribution in [1.82, 2.24) is 15.0 Å². The van der Waals surface area contributed by atoms with E-state index in [1.54, 1.807) is 0 Å². The van der Waals surface area contributed by atoms with Crippen molar-refractivity contribution < 1.29 is 9.47 Å². The summed E-state index contributed by atoms with van der Waals surface area (Å²) < 4.78 is 10.9. The van der Waals surface area contributed by atoms with Crippen molar-refractivity contribution in [3.05, 3.63) is 0 Å². The monoisotopic (exact) mass is 269 g/mol. The molecule has 7 heteroatoms. The molecule has 19 heavy (non-hydrogen) atoms. The number of anilines is 2. The van der Waals surface area contributed by atoms with Gasteiger partial charge in [0.25, 0.3) is 0 Å². The number of nitrogens with zero attached hydrogens (tertiary/aromatic N) is 4. The minimum atomic E-state index is -0.105. The van der Waals surface area contributed by atoms with Crippen LogP contribution in [0.2, 0.25) is 0 Å². The Morgan fingerprint density at radius 2 is 1.95 bits per heavy atom. The van der Waals surface area contributed by atoms with Crippen LogP contribution in [-0.4, -0.2) is 54.9 Å². The van der Waals surface area contributed by atoms with Crippen molar-refractivity contribution in [2.45, 2.75) is 26.9 Å². The van der Waals surface area contributed by atoms with E-state index < -0.39 is 0 Å². The molecular weight excluding hydrogens is 246 g/mol. The van der Waals surface area contributed by atoms with Crippen LogP contribution in [0.25, 0.3) is 0 Å². The van der Waals surface area contributed by atoms with Crippen molar-refractivity contribution in [3.8, 4) is 6.01 Å². The van der Waals surface area contributed by atoms with Gasteiger partial charge in [0.05, 0.1) is 6.61 Å². The standard InChI is InChI=1S/C12H23N5O2/c1-6-13-10-14-11(17(4)5)16-12(15-10)19-9(3)8-18-7-2/h9H,6-8H2,1-5H3,(H,13,14,15,16). The molecule has 0 saturated heterocycles. The summed E-state index contributed by atoms with van der Waals surface area (Å²) >= 11 is 0. The van der Waals surface area contributed by atoms with Crippen LogP contribution in [0, 0.1) is 0 Å². The van der Waals surface area contributed by atoms with E-state index in [0.717, 1.165) is 6.54 Å². The molecule has 0 aliphatic heterocycles. The lowest BCUT2D eigenvalue weighted by Crippen LogP contribution is -2.22. The Bertz CT molecular complexity index is 386. The zero-order valence-corrected chi connectivity index (χ0v) is 12.3. The molecule has 0 spiro atoms. The lowest BCUT2D eigenvalue weighted by atomic mass is 10.4. The van der Waals surface area contributed by atoms with E-state index in [9.17, 15) is 0 Å². The molecule has 0 fully saturated rings. The highest BCUT2D eigenvalue weighted by Gasteiger charge is 2.11. The van der Waals surface area contributed by atoms with Gasteiger partial charge in [-0.3, -0.25) is 0 Å². The van der Waals surface area contributed by atoms with Gasteiger partial charge in [-0.05, 0) is 20.8 Å². The Kier molecular flexibility index (Phi) is 6.27. The van der Waals surface area contributed by atoms with Crippen molar-refractivity contribution >= 4 is 11.9 Å². The van der Waals surface area contributed by atoms with E-state index in [1.165, 1.54) is 0 Å². The van der Waals surface area contributed by atoms with Gasteiger partial charge in [0, 0.05) is 27.2 Å². The van der Waals surface area contributed by atoms with Gasteiger partial charge in [0.2, 0.25) is 11.9 Å². The Morgan fingerprint density at radius 1 is 1.21 bits per heavy atom. The molecule has 0 aliphatic rings. The summed E-state index contributed by atoms with van der Waals surface area (Å²) in [5.41, 5.74) is 0. The second kappa shape index (κ2) is 7.73. The predicted molar refractivity (Wildman–Crippen MR) is 74.9 cm³/mol. The van der Waals surface area contributed by atoms with Crippen molar-refractivity contribution in [1.29, 1.82) is 0 Å². The number of hydrogen-bond acceptors (Lipinski definition) is 7. The summed E-state index contributed by atoms with van der Waals surface area (Å²) in [6.07, 6.45) is -0.105. The Balaban J connectivity index is 2.80. The van der Waals surface area contributed by atoms with Crippen LogP contribution < -0.4 is 15.0 Å². The highest BCUT2D eigenvalue weighted by atomic mass is 16.5. The number of nitrogens with one attached hydrogen (secondary N) is 1. The zero-order valence-electron chi connectivity index (χ0n) is 12.3. The van der Waals surface area contributed by atoms with Gasteiger partial charge in [-0.15, -0.1) is 0 Å². The molecule has 1 rings (SSSR count). The van der Waals surface area contributed by atoms with E-state index in [1.807, 2.05) is 39.8 Å². The van der Waals surface area contributed by atoms with E-state index in [4.69, 9.17) is 9.47 Å². The molecule has 0 aromatic carbocycles. The second-order valence-corrected chi connectivity index (χ2v) is 4.25. The summed E-state index contributed by atoms with van der Waals surface area (Å²) in [4.78, 5) is 14.5. The molecular formula is C12H23N5O2. The third kappa shape index (κ3) is 5.25. The van der Waals surface area contributed by atoms with Crippen LogP contribution in [0.5, 0.6) is 6.01 Å². The first kappa shape index (κ1) is 15.4. The maximum Gasteiger partial charge on any atom is 0.323 e. The third-order valence-corrected chi connectivity index (χ3v) is 2.20. The van der Waals surface area contributed by atoms with Gasteiger partial charge in [0.15, 0.2) is 0 Å². The number of rotatable bonds is 8. The molecule has 1 aromatic heterocycles. The quantitative estimate of drug-likeness (QED) is 0.759. The van der Waals surface area contributed by atoms with Crippen molar-refractivity contribution in [2.24, 2.45) is 0 Å². The van der Waals surface area contributed by atoms with Crippen LogP contribution in [0.1, 0.15) is 20.8 Å². The molecule has 7 nitrogen and oxygen atoms in total. The first-order valence-corrected chi connectivity index (χ1v) is 6.48. The predicted octanol–water partition coefficient (Wildman–Crippen LogP) is 1.17. The van der Waals surface area contributed by atoms with Crippen LogP contribution in [0.3, 0.4) is 0 Å². The molecule has 0 aliphatic carbocycles. The van der Waals surface area contributed by atoms with Gasteiger partial charge < -0.3 is 19.7 Å². The van der Waals surface area contributed by atoms with E-state index in [0.29, 0.717) is 31.1 Å². The smallest absolute Gasteiger partial charge is 0.323 e. The second-order valence-electron chi connectivity index (χ2n) is 4.25. The molecule has 108 valence electrons. The summed E-state index contributed by atoms with van der Waals surface area (Å²) in [5, 5.41) is 3.06. The minimum Gasteiger partial charge on any atom is -0.458 e. The SMILES string of the molecule is CCNc1nc(OC(C)COCC)nc(N(C)C)n1. The maximum atomic E-state index is 5.64. The molecule has 0 bridgehead atoms. The summed E-state index contributed by atoms with van der Waals surface area (Å²) in [7, 11) is 3.75. The third-order valence-electron chi connectivity index (χ3n) is 2.20. The summed E-state index contributed by atoms with van der Waals surface area (Å²) in [6, 6.07) is 0.307. The Hall–Kier alpha value is -1.63. The lowest BCUT2D eigenvalue weighted by molar-refractivity contribution is 0.0607. The van der Waals surface area contributed by atoms with Gasteiger partial charge in [-0.1, -0.05) is 0 Å². The fourth-order valence-electron chi connectivity index (χ4n) is 1.33. The van der Waals surface area contributed by atoms with Gasteiger partial charge >= 0.3 is 6.01 Å². The van der Waals surface area contributed by atoms with Crippen LogP contribution in [-0.2, 0) is 4.74 Å². The molecule has 0 radical (unpaired) electrons. The van der Waals surface area contributed by atoms with Crippen molar-refractivity contribution in [2.75, 3.05) is 44.1 Å². The van der Waals surface area contributed by atoms with Gasteiger partial charge in [-0.25, -0.2) is 0 Å². The number of aromatic nitrogens is 3. The lowest BCUT2D eigenvalue weighted by Gasteiger charge is -2.16. The van der Waals surface area contributed by atoms with E-state index in [-0.39, 0.29) is 6.10 Å². The van der Waals surface area contributed by atoms with Crippen LogP contribution in [0.4, 0.5) is 11.9 Å². The number of ether oxygens (including phenoxy) is 2. The zero-order chi connectivity index (χ0) is 14.3. The molecule has 1 unspecified atom stereocenters. The highest BCUT2D eigenvalue weighted by Crippen LogP contribution is 2.14. The van der Waals surface area contributed by atoms with Gasteiger partial charge in [0.1, 0.15) is 6.10 Å². The minimum absolute atomic E-state index is 0.105. The fourth-order valence-corrected chi connectivity index (χ4v) is 1.33. The number of hydrogen-bond donors (Lipinski definition) is 1. The normalized spacial score (nSPS) is 12.1. The topological polar surface area (TPSA) is 72.4 Å². The summed E-state index contributed by atoms with van der Waals surface area (Å²) in [6.45, 7) is 7.76. The van der Waals surface area contributed by atoms with Crippen LogP contribution in [0.15, 0.2) is 0 Å². The first-order chi connectivity index (χ1) is 9.06. The highest BCUT2D eigenvalue weighted by molar-refractivity contribution is 5.36. The molecule has 1 aromatic rings. The Labute approximate surface area is 114 Å². The van der Waals surface area contributed by atoms with Crippen molar-refractivity contribution in [3.63, 3.8) is 0 Å². The van der Waals surface area contributed by atoms with Gasteiger partial charge in [-0.2, -0.15) is 15.0 Å². The first-order valence-electron chi connectivity index (χ1n) is 6.48. The van der Waals surface area contributed by atoms with Crippen LogP contribution >= 0.6 is 0 Å². The Morgan fingerprint density at radius 3 is 2.53 bits per heavy atom. The summed E-state index contributed by atoms with van der Waals surface area (Å²) in [5.74, 6) is 1.07. The molecule has 0 amide bonds. The maximum absolute atomic E-state index is 5.64. The molecule has 1 atom stereocenters. The van der Waals surface area contributed by atoms with E-state index in [2.05, 4.69) is 20.3 Å². The molecule has 1 heterocycles.